The number of para-hydroxylation sites is 2. The number of anilines is 2. The Balaban J connectivity index is 1.75. The summed E-state index contributed by atoms with van der Waals surface area (Å²) in [6, 6.07) is 16.7. The van der Waals surface area contributed by atoms with E-state index in [4.69, 9.17) is 4.42 Å². The molecule has 108 valence electrons. The average molecular weight is 280 g/mol. The summed E-state index contributed by atoms with van der Waals surface area (Å²) < 4.78 is 5.66. The maximum Gasteiger partial charge on any atom is 0.300 e. The number of nitrogens with zero attached hydrogens (tertiary/aromatic N) is 1. The van der Waals surface area contributed by atoms with Crippen molar-refractivity contribution < 1.29 is 4.42 Å². The third kappa shape index (κ3) is 3.43. The van der Waals surface area contributed by atoms with Gasteiger partial charge in [0.15, 0.2) is 5.58 Å². The first-order valence-electron chi connectivity index (χ1n) is 7.21. The van der Waals surface area contributed by atoms with Gasteiger partial charge in [-0.25, -0.2) is 0 Å². The van der Waals surface area contributed by atoms with Gasteiger partial charge in [-0.3, -0.25) is 0 Å². The van der Waals surface area contributed by atoms with Gasteiger partial charge in [-0.1, -0.05) is 45.0 Å². The Bertz CT molecular complexity index is 703. The van der Waals surface area contributed by atoms with Crippen LogP contribution in [-0.2, 0) is 6.42 Å². The molecular weight excluding hydrogens is 260 g/mol. The Morgan fingerprint density at radius 1 is 1.00 bits per heavy atom. The summed E-state index contributed by atoms with van der Waals surface area (Å²) in [5, 5.41) is 3.21. The molecular formula is C18H20N2O. The van der Waals surface area contributed by atoms with Crippen molar-refractivity contribution in [3.8, 4) is 0 Å². The molecule has 0 atom stereocenters. The van der Waals surface area contributed by atoms with Gasteiger partial charge in [-0.05, 0) is 41.7 Å². The first kappa shape index (κ1) is 13.7. The molecule has 0 amide bonds. The summed E-state index contributed by atoms with van der Waals surface area (Å²) in [5.74, 6) is 0. The predicted molar refractivity (Wildman–Crippen MR) is 86.9 cm³/mol. The van der Waals surface area contributed by atoms with E-state index in [0.29, 0.717) is 11.4 Å². The van der Waals surface area contributed by atoms with Crippen molar-refractivity contribution in [2.75, 3.05) is 5.32 Å². The van der Waals surface area contributed by atoms with E-state index in [1.54, 1.807) is 0 Å². The lowest BCUT2D eigenvalue weighted by Crippen LogP contribution is -2.08. The molecule has 0 fully saturated rings. The summed E-state index contributed by atoms with van der Waals surface area (Å²) >= 11 is 0. The molecule has 1 heterocycles. The number of fused-ring (bicyclic) bond motifs is 1. The molecule has 0 spiro atoms. The second-order valence-corrected chi connectivity index (χ2v) is 6.55. The lowest BCUT2D eigenvalue weighted by molar-refractivity contribution is 0.411. The van der Waals surface area contributed by atoms with Crippen LogP contribution in [0.5, 0.6) is 0 Å². The highest BCUT2D eigenvalue weighted by Gasteiger charge is 2.11. The highest BCUT2D eigenvalue weighted by molar-refractivity contribution is 5.75. The molecule has 0 saturated heterocycles. The fraction of sp³-hybridized carbons (Fsp3) is 0.278. The Labute approximate surface area is 125 Å². The van der Waals surface area contributed by atoms with Crippen LogP contribution in [-0.4, -0.2) is 4.98 Å². The fourth-order valence-electron chi connectivity index (χ4n) is 2.37. The van der Waals surface area contributed by atoms with Gasteiger partial charge >= 0.3 is 0 Å². The van der Waals surface area contributed by atoms with E-state index in [1.807, 2.05) is 24.3 Å². The van der Waals surface area contributed by atoms with Gasteiger partial charge < -0.3 is 9.73 Å². The van der Waals surface area contributed by atoms with Crippen LogP contribution in [0.3, 0.4) is 0 Å². The zero-order chi connectivity index (χ0) is 14.9. The molecule has 0 unspecified atom stereocenters. The van der Waals surface area contributed by atoms with Gasteiger partial charge in [0.25, 0.3) is 6.01 Å². The van der Waals surface area contributed by atoms with E-state index in [9.17, 15) is 0 Å². The SMILES string of the molecule is CC(C)(C)Cc1ccc(Nc2nc3ccccc3o2)cc1. The van der Waals surface area contributed by atoms with Gasteiger partial charge in [0, 0.05) is 5.69 Å². The van der Waals surface area contributed by atoms with Crippen LogP contribution in [0.25, 0.3) is 11.1 Å². The molecule has 0 aliphatic rings. The van der Waals surface area contributed by atoms with E-state index in [-0.39, 0.29) is 0 Å². The molecule has 3 heteroatoms. The van der Waals surface area contributed by atoms with E-state index in [0.717, 1.165) is 23.2 Å². The van der Waals surface area contributed by atoms with Gasteiger partial charge in [0.1, 0.15) is 5.52 Å². The monoisotopic (exact) mass is 280 g/mol. The summed E-state index contributed by atoms with van der Waals surface area (Å²) in [7, 11) is 0. The van der Waals surface area contributed by atoms with Crippen molar-refractivity contribution in [3.05, 3.63) is 54.1 Å². The highest BCUT2D eigenvalue weighted by atomic mass is 16.4. The number of oxazole rings is 1. The van der Waals surface area contributed by atoms with Crippen LogP contribution in [0.4, 0.5) is 11.7 Å². The predicted octanol–water partition coefficient (Wildman–Crippen LogP) is 5.16. The Kier molecular flexibility index (Phi) is 3.42. The minimum Gasteiger partial charge on any atom is -0.423 e. The minimum atomic E-state index is 0.301. The van der Waals surface area contributed by atoms with Crippen molar-refractivity contribution in [2.45, 2.75) is 27.2 Å². The smallest absolute Gasteiger partial charge is 0.300 e. The van der Waals surface area contributed by atoms with E-state index >= 15 is 0 Å². The number of hydrogen-bond donors (Lipinski definition) is 1. The molecule has 0 radical (unpaired) electrons. The molecule has 0 bridgehead atoms. The molecule has 3 aromatic rings. The van der Waals surface area contributed by atoms with Crippen molar-refractivity contribution in [1.82, 2.24) is 4.98 Å². The summed E-state index contributed by atoms with van der Waals surface area (Å²) in [5.41, 5.74) is 4.29. The second-order valence-electron chi connectivity index (χ2n) is 6.55. The maximum atomic E-state index is 5.66. The first-order valence-corrected chi connectivity index (χ1v) is 7.21. The van der Waals surface area contributed by atoms with Crippen LogP contribution < -0.4 is 5.32 Å². The van der Waals surface area contributed by atoms with Gasteiger partial charge in [-0.2, -0.15) is 4.98 Å². The summed E-state index contributed by atoms with van der Waals surface area (Å²) in [6.07, 6.45) is 1.07. The fourth-order valence-corrected chi connectivity index (χ4v) is 2.37. The Morgan fingerprint density at radius 2 is 1.71 bits per heavy atom. The van der Waals surface area contributed by atoms with Crippen molar-refractivity contribution >= 4 is 22.8 Å². The third-order valence-corrected chi connectivity index (χ3v) is 3.23. The Morgan fingerprint density at radius 3 is 2.38 bits per heavy atom. The van der Waals surface area contributed by atoms with Gasteiger partial charge in [-0.15, -0.1) is 0 Å². The lowest BCUT2D eigenvalue weighted by Gasteiger charge is -2.18. The van der Waals surface area contributed by atoms with E-state index in [1.165, 1.54) is 5.56 Å². The number of hydrogen-bond acceptors (Lipinski definition) is 3. The number of nitrogens with one attached hydrogen (secondary N) is 1. The van der Waals surface area contributed by atoms with Crippen molar-refractivity contribution in [2.24, 2.45) is 5.41 Å². The first-order chi connectivity index (χ1) is 9.99. The molecule has 0 saturated carbocycles. The van der Waals surface area contributed by atoms with Crippen LogP contribution in [0, 0.1) is 5.41 Å². The normalized spacial score (nSPS) is 11.8. The molecule has 1 N–H and O–H groups in total. The maximum absolute atomic E-state index is 5.66. The molecule has 0 aliphatic heterocycles. The lowest BCUT2D eigenvalue weighted by atomic mass is 9.88. The van der Waals surface area contributed by atoms with E-state index in [2.05, 4.69) is 55.3 Å². The zero-order valence-corrected chi connectivity index (χ0v) is 12.7. The number of aromatic nitrogens is 1. The molecule has 0 aliphatic carbocycles. The number of rotatable bonds is 3. The average Bonchev–Trinajstić information content (AvgIpc) is 2.81. The third-order valence-electron chi connectivity index (χ3n) is 3.23. The van der Waals surface area contributed by atoms with Crippen LogP contribution in [0.15, 0.2) is 52.9 Å². The highest BCUT2D eigenvalue weighted by Crippen LogP contribution is 2.24. The van der Waals surface area contributed by atoms with Gasteiger partial charge in [0.05, 0.1) is 0 Å². The quantitative estimate of drug-likeness (QED) is 0.720. The van der Waals surface area contributed by atoms with E-state index < -0.39 is 0 Å². The van der Waals surface area contributed by atoms with Crippen LogP contribution in [0.2, 0.25) is 0 Å². The van der Waals surface area contributed by atoms with Crippen LogP contribution >= 0.6 is 0 Å². The summed E-state index contributed by atoms with van der Waals surface area (Å²) in [6.45, 7) is 6.74. The van der Waals surface area contributed by atoms with Crippen LogP contribution in [0.1, 0.15) is 26.3 Å². The van der Waals surface area contributed by atoms with Crippen molar-refractivity contribution in [1.29, 1.82) is 0 Å². The standard InChI is InChI=1S/C18H20N2O/c1-18(2,3)12-13-8-10-14(11-9-13)19-17-20-15-6-4-5-7-16(15)21-17/h4-11H,12H2,1-3H3,(H,19,20). The van der Waals surface area contributed by atoms with Gasteiger partial charge in [0.2, 0.25) is 0 Å². The van der Waals surface area contributed by atoms with Crippen molar-refractivity contribution in [3.63, 3.8) is 0 Å². The minimum absolute atomic E-state index is 0.301. The number of benzene rings is 2. The zero-order valence-electron chi connectivity index (χ0n) is 12.7. The largest absolute Gasteiger partial charge is 0.423 e. The molecule has 21 heavy (non-hydrogen) atoms. The molecule has 3 nitrogen and oxygen atoms in total. The second kappa shape index (κ2) is 5.24. The summed E-state index contributed by atoms with van der Waals surface area (Å²) in [4.78, 5) is 4.41. The topological polar surface area (TPSA) is 38.1 Å². The molecule has 3 rings (SSSR count). The molecule has 1 aromatic heterocycles. The molecule has 2 aromatic carbocycles. The Hall–Kier alpha value is -2.29.